The highest BCUT2D eigenvalue weighted by Crippen LogP contribution is 2.35. The van der Waals surface area contributed by atoms with Crippen molar-refractivity contribution >= 4 is 29.3 Å². The molecule has 0 aliphatic carbocycles. The van der Waals surface area contributed by atoms with E-state index in [9.17, 15) is 9.59 Å². The van der Waals surface area contributed by atoms with Crippen LogP contribution in [-0.4, -0.2) is 45.8 Å². The van der Waals surface area contributed by atoms with Crippen LogP contribution in [0.3, 0.4) is 0 Å². The van der Waals surface area contributed by atoms with Gasteiger partial charge < -0.3 is 29.2 Å². The summed E-state index contributed by atoms with van der Waals surface area (Å²) in [5, 5.41) is 2.82. The van der Waals surface area contributed by atoms with Gasteiger partial charge in [0.25, 0.3) is 5.91 Å². The maximum Gasteiger partial charge on any atom is 0.265 e. The molecule has 8 nitrogen and oxygen atoms in total. The van der Waals surface area contributed by atoms with Gasteiger partial charge in [0.2, 0.25) is 5.91 Å². The fourth-order valence-corrected chi connectivity index (χ4v) is 3.77. The molecule has 1 aliphatic heterocycles. The molecule has 1 aliphatic rings. The number of anilines is 2. The minimum atomic E-state index is -0.300. The van der Waals surface area contributed by atoms with Crippen LogP contribution in [0.5, 0.6) is 23.0 Å². The van der Waals surface area contributed by atoms with Crippen LogP contribution < -0.4 is 29.2 Å². The number of fused-ring (bicyclic) bond motifs is 1. The fourth-order valence-electron chi connectivity index (χ4n) is 3.77. The van der Waals surface area contributed by atoms with Crippen LogP contribution in [-0.2, 0) is 9.59 Å². The largest absolute Gasteiger partial charge is 0.494 e. The second kappa shape index (κ2) is 11.8. The van der Waals surface area contributed by atoms with Crippen molar-refractivity contribution < 1.29 is 28.5 Å². The third kappa shape index (κ3) is 6.15. The van der Waals surface area contributed by atoms with E-state index in [4.69, 9.17) is 18.9 Å². The first kappa shape index (κ1) is 24.7. The molecule has 0 atom stereocenters. The molecule has 4 rings (SSSR count). The molecule has 2 amide bonds. The predicted molar refractivity (Wildman–Crippen MR) is 138 cm³/mol. The van der Waals surface area contributed by atoms with Crippen molar-refractivity contribution in [1.82, 2.24) is 0 Å². The molecule has 36 heavy (non-hydrogen) atoms. The maximum absolute atomic E-state index is 12.5. The molecule has 1 heterocycles. The van der Waals surface area contributed by atoms with Gasteiger partial charge in [0.15, 0.2) is 18.1 Å². The first-order valence-corrected chi connectivity index (χ1v) is 11.5. The minimum Gasteiger partial charge on any atom is -0.494 e. The quantitative estimate of drug-likeness (QED) is 0.333. The molecular formula is C28H28N2O6. The Morgan fingerprint density at radius 2 is 1.83 bits per heavy atom. The maximum atomic E-state index is 12.5. The van der Waals surface area contributed by atoms with E-state index in [1.54, 1.807) is 55.5 Å². The van der Waals surface area contributed by atoms with Gasteiger partial charge in [0, 0.05) is 24.4 Å². The number of carbonyl (C=O) groups excluding carboxylic acids is 2. The van der Waals surface area contributed by atoms with Crippen LogP contribution in [0.15, 0.2) is 72.8 Å². The zero-order valence-electron chi connectivity index (χ0n) is 20.2. The van der Waals surface area contributed by atoms with Gasteiger partial charge in [0.1, 0.15) is 11.5 Å². The number of ether oxygens (including phenoxy) is 4. The highest BCUT2D eigenvalue weighted by atomic mass is 16.5. The van der Waals surface area contributed by atoms with Crippen LogP contribution in [0.1, 0.15) is 12.0 Å². The van der Waals surface area contributed by atoms with Crippen LogP contribution in [0.25, 0.3) is 6.08 Å². The van der Waals surface area contributed by atoms with Crippen molar-refractivity contribution in [1.29, 1.82) is 0 Å². The smallest absolute Gasteiger partial charge is 0.265 e. The minimum absolute atomic E-state index is 0.0524. The molecule has 0 spiro atoms. The molecule has 0 saturated heterocycles. The molecular weight excluding hydrogens is 460 g/mol. The van der Waals surface area contributed by atoms with E-state index in [-0.39, 0.29) is 18.4 Å². The Bertz CT molecular complexity index is 1240. The lowest BCUT2D eigenvalue weighted by Crippen LogP contribution is -2.39. The highest BCUT2D eigenvalue weighted by molar-refractivity contribution is 6.03. The number of amides is 2. The van der Waals surface area contributed by atoms with Crippen molar-refractivity contribution in [3.8, 4) is 23.0 Å². The normalized spacial score (nSPS) is 12.6. The van der Waals surface area contributed by atoms with Crippen LogP contribution >= 0.6 is 0 Å². The van der Waals surface area contributed by atoms with Gasteiger partial charge >= 0.3 is 0 Å². The summed E-state index contributed by atoms with van der Waals surface area (Å²) in [5.74, 6) is 2.12. The van der Waals surface area contributed by atoms with Crippen molar-refractivity contribution in [2.75, 3.05) is 44.2 Å². The molecule has 0 aromatic heterocycles. The summed E-state index contributed by atoms with van der Waals surface area (Å²) >= 11 is 0. The van der Waals surface area contributed by atoms with Gasteiger partial charge in [-0.2, -0.15) is 0 Å². The standard InChI is InChI=1S/C28H28N2O6/c1-33-24-13-9-20(17-26(24)34-2)10-14-27(31)29-21-11-12-23-25(18-21)36-19-28(32)30(23)15-6-16-35-22-7-4-3-5-8-22/h3-5,7-14,17-18H,6,15-16,19H2,1-2H3,(H,29,31)/b14-10+. The highest BCUT2D eigenvalue weighted by Gasteiger charge is 2.25. The lowest BCUT2D eigenvalue weighted by molar-refractivity contribution is -0.121. The number of carbonyl (C=O) groups is 2. The third-order valence-electron chi connectivity index (χ3n) is 5.54. The lowest BCUT2D eigenvalue weighted by Gasteiger charge is -2.29. The second-order valence-electron chi connectivity index (χ2n) is 7.97. The molecule has 3 aromatic rings. The summed E-state index contributed by atoms with van der Waals surface area (Å²) < 4.78 is 21.9. The predicted octanol–water partition coefficient (Wildman–Crippen LogP) is 4.55. The van der Waals surface area contributed by atoms with E-state index >= 15 is 0 Å². The van der Waals surface area contributed by atoms with E-state index in [0.717, 1.165) is 11.3 Å². The monoisotopic (exact) mass is 488 g/mol. The van der Waals surface area contributed by atoms with E-state index in [0.29, 0.717) is 48.2 Å². The first-order chi connectivity index (χ1) is 17.6. The molecule has 8 heteroatoms. The molecule has 0 bridgehead atoms. The molecule has 3 aromatic carbocycles. The summed E-state index contributed by atoms with van der Waals surface area (Å²) in [7, 11) is 3.13. The van der Waals surface area contributed by atoms with Crippen molar-refractivity contribution in [3.63, 3.8) is 0 Å². The van der Waals surface area contributed by atoms with Gasteiger partial charge in [-0.25, -0.2) is 0 Å². The zero-order chi connectivity index (χ0) is 25.3. The Morgan fingerprint density at radius 3 is 2.61 bits per heavy atom. The Balaban J connectivity index is 1.35. The molecule has 0 unspecified atom stereocenters. The first-order valence-electron chi connectivity index (χ1n) is 11.5. The summed E-state index contributed by atoms with van der Waals surface area (Å²) in [4.78, 5) is 26.6. The van der Waals surface area contributed by atoms with E-state index in [1.165, 1.54) is 6.08 Å². The van der Waals surface area contributed by atoms with Crippen LogP contribution in [0.4, 0.5) is 11.4 Å². The van der Waals surface area contributed by atoms with Crippen molar-refractivity contribution in [2.45, 2.75) is 6.42 Å². The van der Waals surface area contributed by atoms with E-state index < -0.39 is 0 Å². The van der Waals surface area contributed by atoms with Gasteiger partial charge in [-0.05, 0) is 54.5 Å². The number of benzene rings is 3. The van der Waals surface area contributed by atoms with Crippen molar-refractivity contribution in [3.05, 3.63) is 78.4 Å². The lowest BCUT2D eigenvalue weighted by atomic mass is 10.1. The SMILES string of the molecule is COc1ccc(/C=C/C(=O)Nc2ccc3c(c2)OCC(=O)N3CCCOc2ccccc2)cc1OC. The summed E-state index contributed by atoms with van der Waals surface area (Å²) in [5.41, 5.74) is 2.03. The van der Waals surface area contributed by atoms with E-state index in [2.05, 4.69) is 5.32 Å². The summed E-state index contributed by atoms with van der Waals surface area (Å²) in [6.07, 6.45) is 3.79. The Hall–Kier alpha value is -4.46. The number of hydrogen-bond acceptors (Lipinski definition) is 6. The number of nitrogens with one attached hydrogen (secondary N) is 1. The van der Waals surface area contributed by atoms with E-state index in [1.807, 2.05) is 36.4 Å². The average molecular weight is 489 g/mol. The van der Waals surface area contributed by atoms with Crippen LogP contribution in [0, 0.1) is 0 Å². The van der Waals surface area contributed by atoms with Gasteiger partial charge in [-0.3, -0.25) is 9.59 Å². The van der Waals surface area contributed by atoms with Crippen molar-refractivity contribution in [2.24, 2.45) is 0 Å². The van der Waals surface area contributed by atoms with Crippen LogP contribution in [0.2, 0.25) is 0 Å². The van der Waals surface area contributed by atoms with Gasteiger partial charge in [0.05, 0.1) is 26.5 Å². The number of rotatable bonds is 10. The second-order valence-corrected chi connectivity index (χ2v) is 7.97. The summed E-state index contributed by atoms with van der Waals surface area (Å²) in [6.45, 7) is 0.940. The Kier molecular flexibility index (Phi) is 8.08. The Morgan fingerprint density at radius 1 is 1.03 bits per heavy atom. The van der Waals surface area contributed by atoms with Gasteiger partial charge in [-0.1, -0.05) is 24.3 Å². The number of para-hydroxylation sites is 1. The molecule has 0 saturated carbocycles. The molecule has 0 radical (unpaired) electrons. The fraction of sp³-hybridized carbons (Fsp3) is 0.214. The van der Waals surface area contributed by atoms with Gasteiger partial charge in [-0.15, -0.1) is 0 Å². The molecule has 1 N–H and O–H groups in total. The molecule has 186 valence electrons. The number of methoxy groups -OCH3 is 2. The number of hydrogen-bond donors (Lipinski definition) is 1. The Labute approximate surface area is 210 Å². The zero-order valence-corrected chi connectivity index (χ0v) is 20.2. The summed E-state index contributed by atoms with van der Waals surface area (Å²) in [6, 6.07) is 20.2. The average Bonchev–Trinajstić information content (AvgIpc) is 2.91. The third-order valence-corrected chi connectivity index (χ3v) is 5.54. The number of nitrogens with zero attached hydrogens (tertiary/aromatic N) is 1. The molecule has 0 fully saturated rings. The topological polar surface area (TPSA) is 86.3 Å².